The van der Waals surface area contributed by atoms with E-state index < -0.39 is 5.97 Å². The van der Waals surface area contributed by atoms with E-state index in [1.807, 2.05) is 0 Å². The van der Waals surface area contributed by atoms with Crippen molar-refractivity contribution in [3.05, 3.63) is 0 Å². The fraction of sp³-hybridized carbons (Fsp3) is 0.833. The number of carbonyl (C=O) groups excluding carboxylic acids is 1. The summed E-state index contributed by atoms with van der Waals surface area (Å²) in [5.41, 5.74) is 0. The van der Waals surface area contributed by atoms with E-state index in [-0.39, 0.29) is 30.6 Å². The maximum absolute atomic E-state index is 12.0. The number of carboxylic acids is 1. The molecular formula is C12H20N2O4. The summed E-state index contributed by atoms with van der Waals surface area (Å²) < 4.78 is 0. The van der Waals surface area contributed by atoms with Crippen molar-refractivity contribution >= 4 is 12.0 Å². The molecule has 2 fully saturated rings. The average Bonchev–Trinajstić information content (AvgIpc) is 2.96. The first-order chi connectivity index (χ1) is 8.61. The quantitative estimate of drug-likeness (QED) is 0.682. The number of nitrogens with one attached hydrogen (secondary N) is 1. The molecule has 1 aliphatic carbocycles. The van der Waals surface area contributed by atoms with Crippen LogP contribution in [0.25, 0.3) is 0 Å². The summed E-state index contributed by atoms with van der Waals surface area (Å²) in [6.07, 6.45) is 3.62. The van der Waals surface area contributed by atoms with Crippen LogP contribution in [-0.2, 0) is 4.79 Å². The van der Waals surface area contributed by atoms with Crippen LogP contribution in [0.5, 0.6) is 0 Å². The van der Waals surface area contributed by atoms with E-state index in [4.69, 9.17) is 10.2 Å². The van der Waals surface area contributed by atoms with Gasteiger partial charge >= 0.3 is 12.0 Å². The Kier molecular flexibility index (Phi) is 4.06. The molecular weight excluding hydrogens is 236 g/mol. The summed E-state index contributed by atoms with van der Waals surface area (Å²) in [5, 5.41) is 20.9. The fourth-order valence-electron chi connectivity index (χ4n) is 2.89. The molecule has 1 aliphatic heterocycles. The summed E-state index contributed by atoms with van der Waals surface area (Å²) in [7, 11) is 0. The minimum Gasteiger partial charge on any atom is -0.481 e. The number of amides is 2. The highest BCUT2D eigenvalue weighted by atomic mass is 16.4. The van der Waals surface area contributed by atoms with Crippen molar-refractivity contribution in [3.8, 4) is 0 Å². The minimum absolute atomic E-state index is 0.00413. The number of likely N-dealkylation sites (tertiary alicyclic amines) is 1. The molecule has 2 rings (SSSR count). The van der Waals surface area contributed by atoms with Crippen LogP contribution in [0, 0.1) is 5.92 Å². The SMILES string of the molecule is O=C(O)[C@@H]1CC[C@H](NC(=O)N2CCCC2CO)C1. The molecule has 2 amide bonds. The van der Waals surface area contributed by atoms with E-state index in [0.29, 0.717) is 19.4 Å². The highest BCUT2D eigenvalue weighted by molar-refractivity contribution is 5.76. The van der Waals surface area contributed by atoms with E-state index in [1.54, 1.807) is 4.90 Å². The van der Waals surface area contributed by atoms with Crippen molar-refractivity contribution < 1.29 is 19.8 Å². The number of carboxylic acid groups (broad SMARTS) is 1. The van der Waals surface area contributed by atoms with Gasteiger partial charge in [-0.15, -0.1) is 0 Å². The molecule has 0 aromatic rings. The Balaban J connectivity index is 1.83. The first-order valence-corrected chi connectivity index (χ1v) is 6.52. The Bertz CT molecular complexity index is 334. The lowest BCUT2D eigenvalue weighted by Gasteiger charge is -2.25. The summed E-state index contributed by atoms with van der Waals surface area (Å²) >= 11 is 0. The van der Waals surface area contributed by atoms with E-state index in [2.05, 4.69) is 5.32 Å². The predicted molar refractivity (Wildman–Crippen MR) is 64.1 cm³/mol. The number of urea groups is 1. The maximum atomic E-state index is 12.0. The van der Waals surface area contributed by atoms with E-state index in [1.165, 1.54) is 0 Å². The van der Waals surface area contributed by atoms with Gasteiger partial charge in [0.25, 0.3) is 0 Å². The molecule has 18 heavy (non-hydrogen) atoms. The molecule has 102 valence electrons. The second-order valence-corrected chi connectivity index (χ2v) is 5.17. The standard InChI is InChI=1S/C12H20N2O4/c15-7-10-2-1-5-14(10)12(18)13-9-4-3-8(6-9)11(16)17/h8-10,15H,1-7H2,(H,13,18)(H,16,17)/t8-,9+,10?/m1/s1. The normalized spacial score (nSPS) is 31.6. The van der Waals surface area contributed by atoms with Crippen LogP contribution < -0.4 is 5.32 Å². The summed E-state index contributed by atoms with van der Waals surface area (Å²) in [4.78, 5) is 24.5. The van der Waals surface area contributed by atoms with Gasteiger partial charge < -0.3 is 20.4 Å². The molecule has 0 spiro atoms. The molecule has 0 radical (unpaired) electrons. The third kappa shape index (κ3) is 2.75. The van der Waals surface area contributed by atoms with Gasteiger partial charge in [0, 0.05) is 12.6 Å². The number of rotatable bonds is 3. The molecule has 6 nitrogen and oxygen atoms in total. The van der Waals surface area contributed by atoms with Crippen molar-refractivity contribution in [1.29, 1.82) is 0 Å². The Morgan fingerprint density at radius 3 is 2.67 bits per heavy atom. The molecule has 0 aromatic heterocycles. The Labute approximate surface area is 106 Å². The largest absolute Gasteiger partial charge is 0.481 e. The first-order valence-electron chi connectivity index (χ1n) is 6.52. The molecule has 1 saturated carbocycles. The summed E-state index contributed by atoms with van der Waals surface area (Å²) in [5.74, 6) is -1.11. The van der Waals surface area contributed by atoms with Crippen LogP contribution in [0.2, 0.25) is 0 Å². The summed E-state index contributed by atoms with van der Waals surface area (Å²) in [6.45, 7) is 0.669. The molecule has 0 bridgehead atoms. The van der Waals surface area contributed by atoms with Gasteiger partial charge in [-0.1, -0.05) is 0 Å². The predicted octanol–water partition coefficient (Wildman–Crippen LogP) is 0.406. The zero-order valence-corrected chi connectivity index (χ0v) is 10.3. The van der Waals surface area contributed by atoms with Crippen LogP contribution in [0.4, 0.5) is 4.79 Å². The number of aliphatic carboxylic acids is 1. The lowest BCUT2D eigenvalue weighted by Crippen LogP contribution is -2.47. The van der Waals surface area contributed by atoms with Crippen molar-refractivity contribution in [1.82, 2.24) is 10.2 Å². The minimum atomic E-state index is -0.777. The monoisotopic (exact) mass is 256 g/mol. The average molecular weight is 256 g/mol. The zero-order chi connectivity index (χ0) is 13.1. The molecule has 0 aromatic carbocycles. The van der Waals surface area contributed by atoms with Crippen molar-refractivity contribution in [2.75, 3.05) is 13.2 Å². The highest BCUT2D eigenvalue weighted by Gasteiger charge is 2.33. The van der Waals surface area contributed by atoms with Crippen LogP contribution in [0.1, 0.15) is 32.1 Å². The maximum Gasteiger partial charge on any atom is 0.317 e. The van der Waals surface area contributed by atoms with Crippen molar-refractivity contribution in [2.45, 2.75) is 44.2 Å². The number of carbonyl (C=O) groups is 2. The summed E-state index contributed by atoms with van der Waals surface area (Å²) in [6, 6.07) is -0.289. The van der Waals surface area contributed by atoms with Crippen LogP contribution in [-0.4, -0.2) is 52.3 Å². The van der Waals surface area contributed by atoms with Gasteiger partial charge in [0.05, 0.1) is 18.6 Å². The molecule has 1 unspecified atom stereocenters. The van der Waals surface area contributed by atoms with E-state index in [9.17, 15) is 9.59 Å². The van der Waals surface area contributed by atoms with Gasteiger partial charge in [-0.2, -0.15) is 0 Å². The highest BCUT2D eigenvalue weighted by Crippen LogP contribution is 2.26. The molecule has 2 aliphatic rings. The Morgan fingerprint density at radius 2 is 2.06 bits per heavy atom. The van der Waals surface area contributed by atoms with Gasteiger partial charge in [-0.25, -0.2) is 4.79 Å². The molecule has 3 N–H and O–H groups in total. The third-order valence-corrected chi connectivity index (χ3v) is 3.96. The number of aliphatic hydroxyl groups is 1. The molecule has 1 saturated heterocycles. The molecule has 3 atom stereocenters. The van der Waals surface area contributed by atoms with Gasteiger partial charge in [0.15, 0.2) is 0 Å². The second-order valence-electron chi connectivity index (χ2n) is 5.17. The second kappa shape index (κ2) is 5.56. The molecule has 1 heterocycles. The van der Waals surface area contributed by atoms with Crippen LogP contribution >= 0.6 is 0 Å². The topological polar surface area (TPSA) is 89.9 Å². The number of hydrogen-bond acceptors (Lipinski definition) is 3. The van der Waals surface area contributed by atoms with Crippen molar-refractivity contribution in [3.63, 3.8) is 0 Å². The third-order valence-electron chi connectivity index (χ3n) is 3.96. The van der Waals surface area contributed by atoms with Crippen LogP contribution in [0.3, 0.4) is 0 Å². The number of aliphatic hydroxyl groups excluding tert-OH is 1. The Morgan fingerprint density at radius 1 is 1.28 bits per heavy atom. The van der Waals surface area contributed by atoms with Gasteiger partial charge in [-0.3, -0.25) is 4.79 Å². The Hall–Kier alpha value is -1.30. The smallest absolute Gasteiger partial charge is 0.317 e. The number of hydrogen-bond donors (Lipinski definition) is 3. The van der Waals surface area contributed by atoms with Crippen molar-refractivity contribution in [2.24, 2.45) is 5.92 Å². The van der Waals surface area contributed by atoms with E-state index >= 15 is 0 Å². The van der Waals surface area contributed by atoms with E-state index in [0.717, 1.165) is 19.3 Å². The van der Waals surface area contributed by atoms with Gasteiger partial charge in [0.1, 0.15) is 0 Å². The fourth-order valence-corrected chi connectivity index (χ4v) is 2.89. The molecule has 6 heteroatoms. The first kappa shape index (κ1) is 13.1. The lowest BCUT2D eigenvalue weighted by atomic mass is 10.1. The van der Waals surface area contributed by atoms with Gasteiger partial charge in [-0.05, 0) is 32.1 Å². The van der Waals surface area contributed by atoms with Gasteiger partial charge in [0.2, 0.25) is 0 Å². The van der Waals surface area contributed by atoms with Crippen LogP contribution in [0.15, 0.2) is 0 Å². The lowest BCUT2D eigenvalue weighted by molar-refractivity contribution is -0.141. The zero-order valence-electron chi connectivity index (χ0n) is 10.3. The number of nitrogens with zero attached hydrogens (tertiary/aromatic N) is 1.